The molecule has 0 atom stereocenters. The van der Waals surface area contributed by atoms with Gasteiger partial charge in [0.1, 0.15) is 22.6 Å². The highest BCUT2D eigenvalue weighted by Crippen LogP contribution is 2.33. The number of rotatable bonds is 14. The molecule has 0 bridgehead atoms. The van der Waals surface area contributed by atoms with Crippen molar-refractivity contribution in [3.8, 4) is 23.0 Å². The van der Waals surface area contributed by atoms with Crippen LogP contribution in [0.2, 0.25) is 0 Å². The molecular weight excluding hydrogens is 580 g/mol. The molecule has 3 aromatic carbocycles. The van der Waals surface area contributed by atoms with E-state index in [1.165, 1.54) is 48.5 Å². The van der Waals surface area contributed by atoms with Gasteiger partial charge in [0.25, 0.3) is 11.8 Å². The van der Waals surface area contributed by atoms with Crippen LogP contribution in [0.5, 0.6) is 23.0 Å². The van der Waals surface area contributed by atoms with Crippen LogP contribution in [0.25, 0.3) is 0 Å². The van der Waals surface area contributed by atoms with E-state index < -0.39 is 59.7 Å². The van der Waals surface area contributed by atoms with Crippen molar-refractivity contribution in [2.75, 3.05) is 10.6 Å². The predicted molar refractivity (Wildman–Crippen MR) is 153 cm³/mol. The van der Waals surface area contributed by atoms with Gasteiger partial charge in [-0.05, 0) is 48.5 Å². The third-order valence-electron chi connectivity index (χ3n) is 5.46. The van der Waals surface area contributed by atoms with Gasteiger partial charge >= 0.3 is 23.9 Å². The summed E-state index contributed by atoms with van der Waals surface area (Å²) in [5.74, 6) is -7.03. The first-order valence-electron chi connectivity index (χ1n) is 12.5. The molecule has 226 valence electrons. The summed E-state index contributed by atoms with van der Waals surface area (Å²) in [5, 5.41) is 40.9. The second kappa shape index (κ2) is 15.0. The van der Waals surface area contributed by atoms with Crippen LogP contribution in [-0.4, -0.2) is 56.1 Å². The molecule has 0 saturated heterocycles. The Morgan fingerprint density at radius 3 is 1.20 bits per heavy atom. The van der Waals surface area contributed by atoms with Crippen LogP contribution in [0.15, 0.2) is 96.1 Å². The maximum absolute atomic E-state index is 12.5. The molecule has 0 aliphatic rings. The van der Waals surface area contributed by atoms with E-state index in [0.29, 0.717) is 0 Å². The van der Waals surface area contributed by atoms with Gasteiger partial charge in [0.15, 0.2) is 11.5 Å². The Bertz CT molecular complexity index is 1540. The summed E-state index contributed by atoms with van der Waals surface area (Å²) >= 11 is 0. The first kappa shape index (κ1) is 32.1. The molecule has 0 unspecified atom stereocenters. The molecule has 0 saturated carbocycles. The number of carboxylic acids is 4. The minimum Gasteiger partial charge on any atom is -0.481 e. The van der Waals surface area contributed by atoms with Gasteiger partial charge in [-0.15, -0.1) is 0 Å². The third-order valence-corrected chi connectivity index (χ3v) is 5.46. The zero-order valence-electron chi connectivity index (χ0n) is 22.6. The van der Waals surface area contributed by atoms with Gasteiger partial charge in [-0.3, -0.25) is 19.2 Å². The summed E-state index contributed by atoms with van der Waals surface area (Å²) in [5.41, 5.74) is -1.28. The van der Waals surface area contributed by atoms with Crippen molar-refractivity contribution in [2.45, 2.75) is 12.8 Å². The Morgan fingerprint density at radius 2 is 0.886 bits per heavy atom. The van der Waals surface area contributed by atoms with Crippen LogP contribution in [0, 0.1) is 0 Å². The molecule has 3 rings (SSSR count). The number of carbonyl (C=O) groups is 6. The lowest BCUT2D eigenvalue weighted by atomic mass is 10.2. The van der Waals surface area contributed by atoms with Crippen LogP contribution in [0.3, 0.4) is 0 Å². The Hall–Kier alpha value is -6.44. The van der Waals surface area contributed by atoms with Crippen molar-refractivity contribution < 1.29 is 58.7 Å². The highest BCUT2D eigenvalue weighted by molar-refractivity contribution is 6.21. The van der Waals surface area contributed by atoms with E-state index in [2.05, 4.69) is 10.6 Å². The highest BCUT2D eigenvalue weighted by Gasteiger charge is 2.21. The van der Waals surface area contributed by atoms with Crippen molar-refractivity contribution in [1.29, 1.82) is 0 Å². The third kappa shape index (κ3) is 9.31. The fraction of sp³-hybridized carbons (Fsp3) is 0.0667. The van der Waals surface area contributed by atoms with Gasteiger partial charge in [-0.2, -0.15) is 0 Å². The number of carbonyl (C=O) groups excluding carboxylic acids is 2. The number of carboxylic acid groups (broad SMARTS) is 4. The summed E-state index contributed by atoms with van der Waals surface area (Å²) in [4.78, 5) is 69.4. The predicted octanol–water partition coefficient (Wildman–Crippen LogP) is 4.12. The number of nitrogens with one attached hydrogen (secondary N) is 2. The molecule has 14 nitrogen and oxygen atoms in total. The molecule has 0 heterocycles. The van der Waals surface area contributed by atoms with Crippen LogP contribution < -0.4 is 20.1 Å². The number of benzene rings is 3. The standard InChI is InChI=1S/C30H24N2O12/c33-25(34)15-13-19(29(39)40)27(37)31-21-5-1-3-7-23(21)43-17-9-11-18(12-10-17)44-24-8-4-2-6-22(24)32-28(38)20(30(41)42)14-16-26(35)36/h1-14H,15-16H2,(H,31,37)(H,32,38)(H,33,34)(H,35,36)(H,39,40)(H,41,42). The van der Waals surface area contributed by atoms with Crippen molar-refractivity contribution in [3.63, 3.8) is 0 Å². The molecule has 6 N–H and O–H groups in total. The van der Waals surface area contributed by atoms with Gasteiger partial charge in [-0.25, -0.2) is 9.59 Å². The van der Waals surface area contributed by atoms with Gasteiger partial charge in [0.05, 0.1) is 24.2 Å². The van der Waals surface area contributed by atoms with E-state index in [9.17, 15) is 39.0 Å². The van der Waals surface area contributed by atoms with E-state index in [1.54, 1.807) is 24.3 Å². The number of aliphatic carboxylic acids is 4. The second-order valence-corrected chi connectivity index (χ2v) is 8.62. The highest BCUT2D eigenvalue weighted by atomic mass is 16.5. The number of para-hydroxylation sites is 4. The number of ether oxygens (including phenoxy) is 2. The maximum atomic E-state index is 12.5. The van der Waals surface area contributed by atoms with Gasteiger partial charge < -0.3 is 40.5 Å². The SMILES string of the molecule is O=C(O)CC=C(C(=O)O)C(=O)Nc1ccccc1Oc1ccc(Oc2ccccc2NC(=O)C(=CCC(=O)O)C(=O)O)cc1. The zero-order valence-corrected chi connectivity index (χ0v) is 22.6. The molecule has 14 heteroatoms. The van der Waals surface area contributed by atoms with E-state index in [4.69, 9.17) is 19.7 Å². The molecular formula is C30H24N2O12. The van der Waals surface area contributed by atoms with Crippen molar-refractivity contribution >= 4 is 47.1 Å². The van der Waals surface area contributed by atoms with Gasteiger partial charge in [0.2, 0.25) is 0 Å². The summed E-state index contributed by atoms with van der Waals surface area (Å²) in [6.07, 6.45) is 0.247. The van der Waals surface area contributed by atoms with E-state index >= 15 is 0 Å². The second-order valence-electron chi connectivity index (χ2n) is 8.62. The molecule has 0 aliphatic heterocycles. The minimum absolute atomic E-state index is 0.114. The molecule has 44 heavy (non-hydrogen) atoms. The quantitative estimate of drug-likeness (QED) is 0.0868. The molecule has 0 aliphatic carbocycles. The van der Waals surface area contributed by atoms with Crippen LogP contribution >= 0.6 is 0 Å². The van der Waals surface area contributed by atoms with Crippen molar-refractivity contribution in [1.82, 2.24) is 0 Å². The average molecular weight is 605 g/mol. The van der Waals surface area contributed by atoms with Crippen LogP contribution in [0.1, 0.15) is 12.8 Å². The number of amides is 2. The largest absolute Gasteiger partial charge is 0.481 e. The number of hydrogen-bond acceptors (Lipinski definition) is 8. The van der Waals surface area contributed by atoms with E-state index in [0.717, 1.165) is 12.2 Å². The topological polar surface area (TPSA) is 226 Å². The van der Waals surface area contributed by atoms with Crippen LogP contribution in [0.4, 0.5) is 11.4 Å². The fourth-order valence-corrected chi connectivity index (χ4v) is 3.46. The molecule has 0 spiro atoms. The minimum atomic E-state index is -1.60. The molecule has 3 aromatic rings. The fourth-order valence-electron chi connectivity index (χ4n) is 3.46. The van der Waals surface area contributed by atoms with Crippen LogP contribution in [-0.2, 0) is 28.8 Å². The molecule has 2 amide bonds. The Balaban J connectivity index is 1.74. The van der Waals surface area contributed by atoms with Crippen molar-refractivity contribution in [2.24, 2.45) is 0 Å². The summed E-state index contributed by atoms with van der Waals surface area (Å²) in [6, 6.07) is 18.4. The Labute approximate surface area is 248 Å². The molecule has 0 aromatic heterocycles. The normalized spacial score (nSPS) is 11.2. The lowest BCUT2D eigenvalue weighted by Crippen LogP contribution is -2.21. The first-order chi connectivity index (χ1) is 20.9. The van der Waals surface area contributed by atoms with E-state index in [-0.39, 0.29) is 34.4 Å². The monoisotopic (exact) mass is 604 g/mol. The Morgan fingerprint density at radius 1 is 0.545 bits per heavy atom. The first-order valence-corrected chi connectivity index (χ1v) is 12.5. The zero-order chi connectivity index (χ0) is 32.2. The lowest BCUT2D eigenvalue weighted by molar-refractivity contribution is -0.137. The lowest BCUT2D eigenvalue weighted by Gasteiger charge is -2.14. The number of hydrogen-bond donors (Lipinski definition) is 6. The smallest absolute Gasteiger partial charge is 0.341 e. The van der Waals surface area contributed by atoms with Crippen molar-refractivity contribution in [3.05, 3.63) is 96.1 Å². The van der Waals surface area contributed by atoms with Gasteiger partial charge in [-0.1, -0.05) is 36.4 Å². The van der Waals surface area contributed by atoms with E-state index in [1.807, 2.05) is 0 Å². The number of anilines is 2. The summed E-state index contributed by atoms with van der Waals surface area (Å²) < 4.78 is 11.7. The summed E-state index contributed by atoms with van der Waals surface area (Å²) in [6.45, 7) is 0. The average Bonchev–Trinajstić information content (AvgIpc) is 2.95. The molecule has 0 radical (unpaired) electrons. The summed E-state index contributed by atoms with van der Waals surface area (Å²) in [7, 11) is 0. The maximum Gasteiger partial charge on any atom is 0.341 e. The van der Waals surface area contributed by atoms with Gasteiger partial charge in [0, 0.05) is 0 Å². The Kier molecular flexibility index (Phi) is 10.9. The molecule has 0 fully saturated rings.